The van der Waals surface area contributed by atoms with E-state index < -0.39 is 0 Å². The van der Waals surface area contributed by atoms with E-state index >= 15 is 0 Å². The number of nitrogens with one attached hydrogen (secondary N) is 1. The molecule has 18 heavy (non-hydrogen) atoms. The summed E-state index contributed by atoms with van der Waals surface area (Å²) >= 11 is 0. The molecule has 3 unspecified atom stereocenters. The maximum absolute atomic E-state index is 5.18. The lowest BCUT2D eigenvalue weighted by molar-refractivity contribution is 0.385. The average Bonchev–Trinajstić information content (AvgIpc) is 2.38. The van der Waals surface area contributed by atoms with Gasteiger partial charge in [-0.25, -0.2) is 0 Å². The van der Waals surface area contributed by atoms with Gasteiger partial charge in [0.25, 0.3) is 0 Å². The normalized spacial score (nSPS) is 16.1. The molecule has 0 bridgehead atoms. The Labute approximate surface area is 112 Å². The van der Waals surface area contributed by atoms with Crippen LogP contribution in [0.2, 0.25) is 0 Å². The first-order valence-corrected chi connectivity index (χ1v) is 6.96. The van der Waals surface area contributed by atoms with E-state index in [1.807, 2.05) is 12.1 Å². The molecule has 2 heteroatoms. The summed E-state index contributed by atoms with van der Waals surface area (Å²) in [6.07, 6.45) is 2.49. The molecule has 1 aromatic rings. The van der Waals surface area contributed by atoms with Crippen molar-refractivity contribution in [2.24, 2.45) is 5.92 Å². The van der Waals surface area contributed by atoms with Gasteiger partial charge in [0.15, 0.2) is 0 Å². The Bertz CT molecular complexity index is 333. The topological polar surface area (TPSA) is 21.3 Å². The maximum atomic E-state index is 5.18. The van der Waals surface area contributed by atoms with Crippen LogP contribution in [0.25, 0.3) is 0 Å². The van der Waals surface area contributed by atoms with Crippen molar-refractivity contribution in [3.05, 3.63) is 29.8 Å². The third-order valence-corrected chi connectivity index (χ3v) is 3.60. The van der Waals surface area contributed by atoms with Crippen LogP contribution in [0.3, 0.4) is 0 Å². The zero-order chi connectivity index (χ0) is 13.5. The van der Waals surface area contributed by atoms with Gasteiger partial charge in [-0.2, -0.15) is 0 Å². The van der Waals surface area contributed by atoms with Crippen molar-refractivity contribution in [2.75, 3.05) is 7.11 Å². The molecule has 2 nitrogen and oxygen atoms in total. The second kappa shape index (κ2) is 7.42. The third kappa shape index (κ3) is 4.69. The first-order chi connectivity index (χ1) is 8.56. The lowest BCUT2D eigenvalue weighted by atomic mass is 9.99. The Morgan fingerprint density at radius 2 is 1.72 bits per heavy atom. The zero-order valence-corrected chi connectivity index (χ0v) is 12.4. The predicted octanol–water partition coefficient (Wildman–Crippen LogP) is 4.17. The molecule has 102 valence electrons. The van der Waals surface area contributed by atoms with Crippen molar-refractivity contribution in [2.45, 2.75) is 52.6 Å². The monoisotopic (exact) mass is 249 g/mol. The minimum absolute atomic E-state index is 0.384. The molecule has 1 aromatic carbocycles. The number of hydrogen-bond donors (Lipinski definition) is 1. The largest absolute Gasteiger partial charge is 0.497 e. The fraction of sp³-hybridized carbons (Fsp3) is 0.625. The highest BCUT2D eigenvalue weighted by Gasteiger charge is 2.11. The van der Waals surface area contributed by atoms with Crippen LogP contribution in [0.4, 0.5) is 0 Å². The molecule has 0 heterocycles. The smallest absolute Gasteiger partial charge is 0.118 e. The van der Waals surface area contributed by atoms with Gasteiger partial charge in [0.05, 0.1) is 7.11 Å². The molecule has 0 spiro atoms. The van der Waals surface area contributed by atoms with Crippen LogP contribution in [0, 0.1) is 5.92 Å². The van der Waals surface area contributed by atoms with Gasteiger partial charge < -0.3 is 10.1 Å². The third-order valence-electron chi connectivity index (χ3n) is 3.60. The van der Waals surface area contributed by atoms with Gasteiger partial charge in [-0.3, -0.25) is 0 Å². The van der Waals surface area contributed by atoms with Gasteiger partial charge in [-0.15, -0.1) is 0 Å². The van der Waals surface area contributed by atoms with E-state index in [1.54, 1.807) is 7.11 Å². The van der Waals surface area contributed by atoms with Gasteiger partial charge in [-0.1, -0.05) is 32.4 Å². The van der Waals surface area contributed by atoms with Crippen LogP contribution >= 0.6 is 0 Å². The maximum Gasteiger partial charge on any atom is 0.118 e. The molecule has 0 radical (unpaired) electrons. The van der Waals surface area contributed by atoms with E-state index in [2.05, 4.69) is 45.1 Å². The van der Waals surface area contributed by atoms with Crippen molar-refractivity contribution in [3.63, 3.8) is 0 Å². The number of hydrogen-bond acceptors (Lipinski definition) is 2. The Morgan fingerprint density at radius 1 is 1.11 bits per heavy atom. The Morgan fingerprint density at radius 3 is 2.22 bits per heavy atom. The molecule has 0 aliphatic rings. The predicted molar refractivity (Wildman–Crippen MR) is 78.1 cm³/mol. The van der Waals surface area contributed by atoms with E-state index in [1.165, 1.54) is 18.4 Å². The standard InChI is InChI=1S/C16H27NO/c1-6-12(2)11-13(3)17-14(4)15-7-9-16(18-5)10-8-15/h7-10,12-14,17H,6,11H2,1-5H3. The molecule has 0 saturated heterocycles. The number of methoxy groups -OCH3 is 1. The SMILES string of the molecule is CCC(C)CC(C)NC(C)c1ccc(OC)cc1. The van der Waals surface area contributed by atoms with Crippen LogP contribution in [-0.2, 0) is 0 Å². The highest BCUT2D eigenvalue weighted by atomic mass is 16.5. The molecule has 1 N–H and O–H groups in total. The van der Waals surface area contributed by atoms with Gasteiger partial charge in [0.1, 0.15) is 5.75 Å². The second-order valence-electron chi connectivity index (χ2n) is 5.31. The van der Waals surface area contributed by atoms with Gasteiger partial charge in [0.2, 0.25) is 0 Å². The van der Waals surface area contributed by atoms with Crippen LogP contribution in [0.5, 0.6) is 5.75 Å². The van der Waals surface area contributed by atoms with Crippen LogP contribution in [-0.4, -0.2) is 13.2 Å². The first kappa shape index (κ1) is 15.0. The summed E-state index contributed by atoms with van der Waals surface area (Å²) in [5.41, 5.74) is 1.31. The van der Waals surface area contributed by atoms with E-state index in [9.17, 15) is 0 Å². The molecule has 1 rings (SSSR count). The molecular weight excluding hydrogens is 222 g/mol. The van der Waals surface area contributed by atoms with Crippen molar-refractivity contribution in [3.8, 4) is 5.75 Å². The Balaban J connectivity index is 2.50. The minimum Gasteiger partial charge on any atom is -0.497 e. The summed E-state index contributed by atoms with van der Waals surface area (Å²) in [5, 5.41) is 3.66. The molecule has 0 saturated carbocycles. The Hall–Kier alpha value is -1.02. The molecule has 3 atom stereocenters. The highest BCUT2D eigenvalue weighted by Crippen LogP contribution is 2.19. The van der Waals surface area contributed by atoms with Gasteiger partial charge in [0, 0.05) is 12.1 Å². The fourth-order valence-corrected chi connectivity index (χ4v) is 2.25. The Kier molecular flexibility index (Phi) is 6.20. The quantitative estimate of drug-likeness (QED) is 0.783. The van der Waals surface area contributed by atoms with Crippen molar-refractivity contribution >= 4 is 0 Å². The van der Waals surface area contributed by atoms with Gasteiger partial charge >= 0.3 is 0 Å². The average molecular weight is 249 g/mol. The summed E-state index contributed by atoms with van der Waals surface area (Å²) in [6.45, 7) is 9.06. The lowest BCUT2D eigenvalue weighted by Crippen LogP contribution is -2.30. The number of benzene rings is 1. The van der Waals surface area contributed by atoms with Gasteiger partial charge in [-0.05, 0) is 43.9 Å². The summed E-state index contributed by atoms with van der Waals surface area (Å²) in [4.78, 5) is 0. The summed E-state index contributed by atoms with van der Waals surface area (Å²) in [5.74, 6) is 1.70. The molecule has 0 aromatic heterocycles. The first-order valence-electron chi connectivity index (χ1n) is 6.96. The molecule has 0 amide bonds. The number of ether oxygens (including phenoxy) is 1. The molecule has 0 aliphatic heterocycles. The summed E-state index contributed by atoms with van der Waals surface area (Å²) < 4.78 is 5.18. The van der Waals surface area contributed by atoms with Crippen molar-refractivity contribution < 1.29 is 4.74 Å². The molecule has 0 fully saturated rings. The fourth-order valence-electron chi connectivity index (χ4n) is 2.25. The second-order valence-corrected chi connectivity index (χ2v) is 5.31. The molecular formula is C16H27NO. The molecule has 0 aliphatic carbocycles. The van der Waals surface area contributed by atoms with E-state index in [0.717, 1.165) is 11.7 Å². The highest BCUT2D eigenvalue weighted by molar-refractivity contribution is 5.28. The van der Waals surface area contributed by atoms with E-state index in [-0.39, 0.29) is 0 Å². The van der Waals surface area contributed by atoms with Crippen molar-refractivity contribution in [1.82, 2.24) is 5.32 Å². The van der Waals surface area contributed by atoms with Crippen LogP contribution in [0.15, 0.2) is 24.3 Å². The van der Waals surface area contributed by atoms with Crippen LogP contribution in [0.1, 0.15) is 52.1 Å². The zero-order valence-electron chi connectivity index (χ0n) is 12.4. The van der Waals surface area contributed by atoms with Crippen LogP contribution < -0.4 is 10.1 Å². The minimum atomic E-state index is 0.384. The van der Waals surface area contributed by atoms with E-state index in [4.69, 9.17) is 4.74 Å². The number of rotatable bonds is 7. The summed E-state index contributed by atoms with van der Waals surface area (Å²) in [7, 11) is 1.70. The summed E-state index contributed by atoms with van der Waals surface area (Å²) in [6, 6.07) is 9.24. The lowest BCUT2D eigenvalue weighted by Gasteiger charge is -2.22. The van der Waals surface area contributed by atoms with E-state index in [0.29, 0.717) is 12.1 Å². The van der Waals surface area contributed by atoms with Crippen molar-refractivity contribution in [1.29, 1.82) is 0 Å².